The molecule has 0 saturated carbocycles. The van der Waals surface area contributed by atoms with Crippen LogP contribution in [0.1, 0.15) is 5.56 Å². The molecule has 3 heteroatoms. The minimum atomic E-state index is 0.630. The molecule has 0 bridgehead atoms. The Morgan fingerprint density at radius 2 is 2.50 bits per heavy atom. The normalized spacial score (nSPS) is 13.2. The Kier molecular flexibility index (Phi) is 1.07. The van der Waals surface area contributed by atoms with Gasteiger partial charge in [0.1, 0.15) is 0 Å². The molecule has 50 valence electrons. The van der Waals surface area contributed by atoms with Crippen LogP contribution < -0.4 is 10.3 Å². The summed E-state index contributed by atoms with van der Waals surface area (Å²) in [6.45, 7) is 0. The Morgan fingerprint density at radius 1 is 1.50 bits per heavy atom. The van der Waals surface area contributed by atoms with Crippen LogP contribution in [0.25, 0.3) is 6.08 Å². The van der Waals surface area contributed by atoms with E-state index in [1.807, 2.05) is 18.2 Å². The molecule has 2 heterocycles. The predicted molar refractivity (Wildman–Crippen MR) is 37.0 cm³/mol. The van der Waals surface area contributed by atoms with Gasteiger partial charge >= 0.3 is 0 Å². The molecule has 1 aromatic heterocycles. The van der Waals surface area contributed by atoms with Crippen molar-refractivity contribution in [2.75, 3.05) is 0 Å². The summed E-state index contributed by atoms with van der Waals surface area (Å²) in [7, 11) is 0. The molecule has 0 saturated heterocycles. The van der Waals surface area contributed by atoms with Crippen molar-refractivity contribution in [1.29, 1.82) is 0 Å². The smallest absolute Gasteiger partial charge is 0.253 e. The third kappa shape index (κ3) is 0.719. The van der Waals surface area contributed by atoms with Crippen LogP contribution in [0, 0.1) is 0 Å². The molecular formula is C7H6N2O. The van der Waals surface area contributed by atoms with Crippen LogP contribution in [0.2, 0.25) is 0 Å². The molecule has 10 heavy (non-hydrogen) atoms. The van der Waals surface area contributed by atoms with Crippen molar-refractivity contribution in [2.24, 2.45) is 0 Å². The summed E-state index contributed by atoms with van der Waals surface area (Å²) in [5, 5.41) is 0. The molecule has 1 aliphatic rings. The minimum absolute atomic E-state index is 0.630. The van der Waals surface area contributed by atoms with Crippen molar-refractivity contribution in [3.63, 3.8) is 0 Å². The molecule has 2 rings (SSSR count). The Balaban J connectivity index is 2.54. The zero-order chi connectivity index (χ0) is 6.81. The first-order valence-corrected chi connectivity index (χ1v) is 3.01. The monoisotopic (exact) mass is 134 g/mol. The molecule has 1 N–H and O–H groups in total. The van der Waals surface area contributed by atoms with E-state index in [0.717, 1.165) is 5.56 Å². The summed E-state index contributed by atoms with van der Waals surface area (Å²) in [5.41, 5.74) is 3.60. The number of aromatic nitrogens is 1. The number of nitrogens with one attached hydrogen (secondary N) is 1. The highest BCUT2D eigenvalue weighted by Crippen LogP contribution is 2.16. The Labute approximate surface area is 58.3 Å². The van der Waals surface area contributed by atoms with E-state index in [-0.39, 0.29) is 0 Å². The van der Waals surface area contributed by atoms with Gasteiger partial charge in [0.2, 0.25) is 0 Å². The number of fused-ring (bicyclic) bond motifs is 1. The molecule has 0 aliphatic carbocycles. The SMILES string of the molecule is C1=Cc2cccnc2ON1. The van der Waals surface area contributed by atoms with E-state index in [1.54, 1.807) is 12.4 Å². The first kappa shape index (κ1) is 5.29. The molecule has 0 unspecified atom stereocenters. The van der Waals surface area contributed by atoms with Gasteiger partial charge in [-0.25, -0.2) is 10.5 Å². The van der Waals surface area contributed by atoms with Gasteiger partial charge in [0.05, 0.1) is 0 Å². The summed E-state index contributed by atoms with van der Waals surface area (Å²) in [6, 6.07) is 3.82. The van der Waals surface area contributed by atoms with Crippen molar-refractivity contribution in [3.05, 3.63) is 30.1 Å². The molecule has 0 amide bonds. The van der Waals surface area contributed by atoms with Crippen LogP contribution in [-0.2, 0) is 0 Å². The van der Waals surface area contributed by atoms with Crippen molar-refractivity contribution >= 4 is 6.08 Å². The number of hydroxylamine groups is 1. The van der Waals surface area contributed by atoms with E-state index >= 15 is 0 Å². The number of nitrogens with zero attached hydrogens (tertiary/aromatic N) is 1. The molecule has 1 aliphatic heterocycles. The third-order valence-electron chi connectivity index (χ3n) is 1.29. The summed E-state index contributed by atoms with van der Waals surface area (Å²) in [6.07, 6.45) is 5.33. The maximum absolute atomic E-state index is 4.98. The van der Waals surface area contributed by atoms with Crippen molar-refractivity contribution in [3.8, 4) is 5.88 Å². The molecule has 0 radical (unpaired) electrons. The zero-order valence-corrected chi connectivity index (χ0v) is 5.24. The van der Waals surface area contributed by atoms with E-state index in [1.165, 1.54) is 0 Å². The fourth-order valence-electron chi connectivity index (χ4n) is 0.829. The van der Waals surface area contributed by atoms with Crippen LogP contribution in [0.4, 0.5) is 0 Å². The first-order chi connectivity index (χ1) is 4.97. The lowest BCUT2D eigenvalue weighted by molar-refractivity contribution is 0.228. The fraction of sp³-hybridized carbons (Fsp3) is 0. The summed E-state index contributed by atoms with van der Waals surface area (Å²) in [4.78, 5) is 8.96. The topological polar surface area (TPSA) is 34.1 Å². The van der Waals surface area contributed by atoms with E-state index in [9.17, 15) is 0 Å². The lowest BCUT2D eigenvalue weighted by atomic mass is 10.2. The van der Waals surface area contributed by atoms with E-state index in [4.69, 9.17) is 4.84 Å². The van der Waals surface area contributed by atoms with Gasteiger partial charge in [-0.1, -0.05) is 0 Å². The van der Waals surface area contributed by atoms with Crippen molar-refractivity contribution in [2.45, 2.75) is 0 Å². The van der Waals surface area contributed by atoms with Crippen LogP contribution in [0.3, 0.4) is 0 Å². The van der Waals surface area contributed by atoms with Gasteiger partial charge in [-0.05, 0) is 18.2 Å². The second kappa shape index (κ2) is 2.02. The van der Waals surface area contributed by atoms with Gasteiger partial charge in [0, 0.05) is 18.0 Å². The minimum Gasteiger partial charge on any atom is -0.362 e. The predicted octanol–water partition coefficient (Wildman–Crippen LogP) is 0.949. The fourth-order valence-corrected chi connectivity index (χ4v) is 0.829. The molecule has 3 nitrogen and oxygen atoms in total. The Bertz CT molecular complexity index is 270. The Hall–Kier alpha value is -1.51. The molecule has 0 atom stereocenters. The maximum Gasteiger partial charge on any atom is 0.253 e. The van der Waals surface area contributed by atoms with E-state index < -0.39 is 0 Å². The molecule has 0 spiro atoms. The quantitative estimate of drug-likeness (QED) is 0.573. The largest absolute Gasteiger partial charge is 0.362 e. The third-order valence-corrected chi connectivity index (χ3v) is 1.29. The summed E-state index contributed by atoms with van der Waals surface area (Å²) in [5.74, 6) is 0.630. The van der Waals surface area contributed by atoms with E-state index in [2.05, 4.69) is 10.5 Å². The highest BCUT2D eigenvalue weighted by atomic mass is 16.7. The lowest BCUT2D eigenvalue weighted by Gasteiger charge is -2.09. The van der Waals surface area contributed by atoms with Gasteiger partial charge < -0.3 is 4.84 Å². The van der Waals surface area contributed by atoms with Gasteiger partial charge in [-0.15, -0.1) is 0 Å². The molecule has 0 aromatic carbocycles. The second-order valence-corrected chi connectivity index (χ2v) is 1.95. The highest BCUT2D eigenvalue weighted by Gasteiger charge is 2.03. The van der Waals surface area contributed by atoms with Gasteiger partial charge in [-0.3, -0.25) is 0 Å². The average molecular weight is 134 g/mol. The number of hydrogen-bond donors (Lipinski definition) is 1. The average Bonchev–Trinajstić information content (AvgIpc) is 2.05. The van der Waals surface area contributed by atoms with E-state index in [0.29, 0.717) is 5.88 Å². The highest BCUT2D eigenvalue weighted by molar-refractivity contribution is 5.55. The van der Waals surface area contributed by atoms with Crippen molar-refractivity contribution < 1.29 is 4.84 Å². The number of rotatable bonds is 0. The first-order valence-electron chi connectivity index (χ1n) is 3.01. The Morgan fingerprint density at radius 3 is 3.40 bits per heavy atom. The molecular weight excluding hydrogens is 128 g/mol. The van der Waals surface area contributed by atoms with Gasteiger partial charge in [0.15, 0.2) is 0 Å². The second-order valence-electron chi connectivity index (χ2n) is 1.95. The van der Waals surface area contributed by atoms with Crippen LogP contribution in [0.15, 0.2) is 24.5 Å². The van der Waals surface area contributed by atoms with Gasteiger partial charge in [0.25, 0.3) is 5.88 Å². The van der Waals surface area contributed by atoms with Crippen LogP contribution in [-0.4, -0.2) is 4.98 Å². The standard InChI is InChI=1S/C7H6N2O/c1-2-6-3-5-9-10-7(6)8-4-1/h1-5,9H. The van der Waals surface area contributed by atoms with Gasteiger partial charge in [-0.2, -0.15) is 0 Å². The maximum atomic E-state index is 4.98. The summed E-state index contributed by atoms with van der Waals surface area (Å²) < 4.78 is 0. The number of pyridine rings is 1. The van der Waals surface area contributed by atoms with Crippen LogP contribution in [0.5, 0.6) is 5.88 Å². The molecule has 1 aromatic rings. The van der Waals surface area contributed by atoms with Crippen molar-refractivity contribution in [1.82, 2.24) is 10.5 Å². The molecule has 0 fully saturated rings. The number of hydrogen-bond acceptors (Lipinski definition) is 3. The van der Waals surface area contributed by atoms with Crippen LogP contribution >= 0.6 is 0 Å². The lowest BCUT2D eigenvalue weighted by Crippen LogP contribution is -2.15. The summed E-state index contributed by atoms with van der Waals surface area (Å²) >= 11 is 0. The zero-order valence-electron chi connectivity index (χ0n) is 5.24.